The Labute approximate surface area is 198 Å². The lowest BCUT2D eigenvalue weighted by atomic mass is 9.85. The molecule has 0 radical (unpaired) electrons. The van der Waals surface area contributed by atoms with Crippen LogP contribution in [-0.2, 0) is 6.54 Å². The van der Waals surface area contributed by atoms with Crippen LogP contribution in [0.3, 0.4) is 0 Å². The van der Waals surface area contributed by atoms with Gasteiger partial charge in [-0.25, -0.2) is 0 Å². The Bertz CT molecular complexity index is 747. The fourth-order valence-electron chi connectivity index (χ4n) is 4.15. The number of methoxy groups -OCH3 is 1. The number of ether oxygens (including phenoxy) is 1. The van der Waals surface area contributed by atoms with E-state index in [4.69, 9.17) is 9.73 Å². The standard InChI is InChI=1S/C23H35N5O.HI/c1-4-24-23(25-13-17-28-15-5-6-16-28)26-18-20-8-7-14-27(2)22(20)19-9-11-21(29-3)12-10-19;/h5-6,9-12,15-16,20,22H,4,7-8,13-14,17-18H2,1-3H3,(H2,24,25,26);1H. The highest BCUT2D eigenvalue weighted by Crippen LogP contribution is 2.35. The maximum Gasteiger partial charge on any atom is 0.191 e. The molecule has 0 saturated carbocycles. The van der Waals surface area contributed by atoms with Crippen molar-refractivity contribution in [2.75, 3.05) is 40.3 Å². The number of nitrogens with one attached hydrogen (secondary N) is 2. The summed E-state index contributed by atoms with van der Waals surface area (Å²) in [5.41, 5.74) is 1.35. The Morgan fingerprint density at radius 2 is 1.90 bits per heavy atom. The predicted octanol–water partition coefficient (Wildman–Crippen LogP) is 3.75. The fraction of sp³-hybridized carbons (Fsp3) is 0.522. The summed E-state index contributed by atoms with van der Waals surface area (Å²) in [5.74, 6) is 2.31. The highest BCUT2D eigenvalue weighted by atomic mass is 127. The lowest BCUT2D eigenvalue weighted by Crippen LogP contribution is -2.41. The zero-order chi connectivity index (χ0) is 20.5. The average molecular weight is 525 g/mol. The molecule has 1 saturated heterocycles. The zero-order valence-electron chi connectivity index (χ0n) is 18.4. The number of nitrogens with zero attached hydrogens (tertiary/aromatic N) is 3. The van der Waals surface area contributed by atoms with Crippen molar-refractivity contribution < 1.29 is 4.74 Å². The van der Waals surface area contributed by atoms with E-state index in [1.807, 2.05) is 0 Å². The third-order valence-corrected chi connectivity index (χ3v) is 5.62. The van der Waals surface area contributed by atoms with Crippen LogP contribution in [-0.4, -0.2) is 55.8 Å². The second kappa shape index (κ2) is 12.8. The van der Waals surface area contributed by atoms with Crippen molar-refractivity contribution in [2.45, 2.75) is 32.4 Å². The van der Waals surface area contributed by atoms with Gasteiger partial charge in [0, 0.05) is 44.6 Å². The van der Waals surface area contributed by atoms with Crippen LogP contribution < -0.4 is 15.4 Å². The number of benzene rings is 1. The Morgan fingerprint density at radius 1 is 1.17 bits per heavy atom. The van der Waals surface area contributed by atoms with E-state index in [2.05, 4.69) is 82.9 Å². The molecule has 0 amide bonds. The van der Waals surface area contributed by atoms with Crippen molar-refractivity contribution in [1.29, 1.82) is 0 Å². The van der Waals surface area contributed by atoms with Gasteiger partial charge in [0.1, 0.15) is 5.75 Å². The topological polar surface area (TPSA) is 53.8 Å². The number of hydrogen-bond donors (Lipinski definition) is 2. The SMILES string of the molecule is CCNC(=NCC1CCCN(C)C1c1ccc(OC)cc1)NCCn1cccc1.I. The van der Waals surface area contributed by atoms with Crippen molar-refractivity contribution in [3.05, 3.63) is 54.4 Å². The molecule has 0 aliphatic carbocycles. The van der Waals surface area contributed by atoms with Gasteiger partial charge in [-0.2, -0.15) is 0 Å². The molecule has 0 spiro atoms. The molecule has 3 rings (SSSR count). The first kappa shape index (κ1) is 24.5. The molecule has 2 aromatic rings. The maximum absolute atomic E-state index is 5.33. The molecule has 2 N–H and O–H groups in total. The molecule has 7 heteroatoms. The van der Waals surface area contributed by atoms with E-state index in [1.54, 1.807) is 7.11 Å². The van der Waals surface area contributed by atoms with Gasteiger partial charge in [-0.3, -0.25) is 9.89 Å². The van der Waals surface area contributed by atoms with Gasteiger partial charge in [0.15, 0.2) is 5.96 Å². The smallest absolute Gasteiger partial charge is 0.191 e. The molecule has 30 heavy (non-hydrogen) atoms. The van der Waals surface area contributed by atoms with Crippen molar-refractivity contribution in [2.24, 2.45) is 10.9 Å². The van der Waals surface area contributed by atoms with Crippen LogP contribution in [0.25, 0.3) is 0 Å². The van der Waals surface area contributed by atoms with E-state index in [0.29, 0.717) is 12.0 Å². The minimum absolute atomic E-state index is 0. The lowest BCUT2D eigenvalue weighted by Gasteiger charge is -2.39. The van der Waals surface area contributed by atoms with Gasteiger partial charge in [0.05, 0.1) is 7.11 Å². The van der Waals surface area contributed by atoms with E-state index in [1.165, 1.54) is 18.4 Å². The van der Waals surface area contributed by atoms with Crippen molar-refractivity contribution in [3.63, 3.8) is 0 Å². The molecule has 2 atom stereocenters. The summed E-state index contributed by atoms with van der Waals surface area (Å²) in [5, 5.41) is 6.85. The van der Waals surface area contributed by atoms with E-state index in [-0.39, 0.29) is 24.0 Å². The van der Waals surface area contributed by atoms with Gasteiger partial charge < -0.3 is 19.9 Å². The highest BCUT2D eigenvalue weighted by molar-refractivity contribution is 14.0. The third kappa shape index (κ3) is 6.91. The van der Waals surface area contributed by atoms with Crippen molar-refractivity contribution in [1.82, 2.24) is 20.1 Å². The molecule has 1 aromatic carbocycles. The van der Waals surface area contributed by atoms with Crippen LogP contribution in [0.2, 0.25) is 0 Å². The number of piperidine rings is 1. The lowest BCUT2D eigenvalue weighted by molar-refractivity contribution is 0.125. The molecule has 166 valence electrons. The van der Waals surface area contributed by atoms with E-state index >= 15 is 0 Å². The summed E-state index contributed by atoms with van der Waals surface area (Å²) >= 11 is 0. The van der Waals surface area contributed by atoms with Crippen LogP contribution in [0, 0.1) is 5.92 Å². The van der Waals surface area contributed by atoms with Gasteiger partial charge in [-0.1, -0.05) is 12.1 Å². The normalized spacial score (nSPS) is 19.8. The molecule has 2 unspecified atom stereocenters. The molecule has 6 nitrogen and oxygen atoms in total. The molecule has 1 aliphatic heterocycles. The summed E-state index contributed by atoms with van der Waals surface area (Å²) in [4.78, 5) is 7.40. The number of aromatic nitrogens is 1. The number of hydrogen-bond acceptors (Lipinski definition) is 3. The Hall–Kier alpha value is -1.74. The number of halogens is 1. The summed E-state index contributed by atoms with van der Waals surface area (Å²) in [6.45, 7) is 6.70. The largest absolute Gasteiger partial charge is 0.497 e. The van der Waals surface area contributed by atoms with Crippen LogP contribution >= 0.6 is 24.0 Å². The highest BCUT2D eigenvalue weighted by Gasteiger charge is 2.30. The molecule has 0 bridgehead atoms. The van der Waals surface area contributed by atoms with E-state index < -0.39 is 0 Å². The third-order valence-electron chi connectivity index (χ3n) is 5.62. The van der Waals surface area contributed by atoms with Crippen LogP contribution in [0.4, 0.5) is 0 Å². The Morgan fingerprint density at radius 3 is 2.57 bits per heavy atom. The zero-order valence-corrected chi connectivity index (χ0v) is 20.7. The Balaban J connectivity index is 0.00000320. The Kier molecular flexibility index (Phi) is 10.5. The first-order valence-electron chi connectivity index (χ1n) is 10.7. The van der Waals surface area contributed by atoms with Crippen LogP contribution in [0.5, 0.6) is 5.75 Å². The number of rotatable bonds is 8. The van der Waals surface area contributed by atoms with Crippen LogP contribution in [0.1, 0.15) is 31.4 Å². The number of guanidine groups is 1. The van der Waals surface area contributed by atoms with Gasteiger partial charge in [-0.15, -0.1) is 24.0 Å². The van der Waals surface area contributed by atoms with Crippen molar-refractivity contribution in [3.8, 4) is 5.75 Å². The molecule has 1 aliphatic rings. The first-order valence-corrected chi connectivity index (χ1v) is 10.7. The van der Waals surface area contributed by atoms with Gasteiger partial charge in [-0.05, 0) is 69.1 Å². The average Bonchev–Trinajstić information content (AvgIpc) is 3.26. The van der Waals surface area contributed by atoms with Gasteiger partial charge in [0.25, 0.3) is 0 Å². The van der Waals surface area contributed by atoms with Crippen LogP contribution in [0.15, 0.2) is 53.8 Å². The minimum Gasteiger partial charge on any atom is -0.497 e. The number of likely N-dealkylation sites (tertiary alicyclic amines) is 1. The molecule has 1 aromatic heterocycles. The van der Waals surface area contributed by atoms with Gasteiger partial charge in [0.2, 0.25) is 0 Å². The molecular formula is C23H36IN5O. The second-order valence-electron chi connectivity index (χ2n) is 7.67. The number of aliphatic imine (C=N–C) groups is 1. The van der Waals surface area contributed by atoms with E-state index in [0.717, 1.165) is 44.4 Å². The minimum atomic E-state index is 0. The summed E-state index contributed by atoms with van der Waals surface area (Å²) in [6, 6.07) is 13.0. The fourth-order valence-corrected chi connectivity index (χ4v) is 4.15. The summed E-state index contributed by atoms with van der Waals surface area (Å²) in [6.07, 6.45) is 6.60. The first-order chi connectivity index (χ1) is 14.2. The molecular weight excluding hydrogens is 489 g/mol. The molecule has 1 fully saturated rings. The quantitative estimate of drug-likeness (QED) is 0.313. The van der Waals surface area contributed by atoms with Gasteiger partial charge >= 0.3 is 0 Å². The van der Waals surface area contributed by atoms with E-state index in [9.17, 15) is 0 Å². The summed E-state index contributed by atoms with van der Waals surface area (Å²) < 4.78 is 7.50. The maximum atomic E-state index is 5.33. The predicted molar refractivity (Wildman–Crippen MR) is 135 cm³/mol. The van der Waals surface area contributed by atoms with Crippen molar-refractivity contribution >= 4 is 29.9 Å². The molecule has 2 heterocycles. The second-order valence-corrected chi connectivity index (χ2v) is 7.67. The monoisotopic (exact) mass is 525 g/mol. The summed E-state index contributed by atoms with van der Waals surface area (Å²) in [7, 11) is 3.94.